The molecule has 1 aliphatic heterocycles. The van der Waals surface area contributed by atoms with Crippen molar-refractivity contribution in [2.45, 2.75) is 12.6 Å². The average Bonchev–Trinajstić information content (AvgIpc) is 2.79. The largest absolute Gasteiger partial charge is 0.325 e. The zero-order chi connectivity index (χ0) is 20.2. The van der Waals surface area contributed by atoms with Crippen LogP contribution >= 0.6 is 0 Å². The van der Waals surface area contributed by atoms with Crippen LogP contribution in [0.2, 0.25) is 0 Å². The van der Waals surface area contributed by atoms with E-state index in [2.05, 4.69) is 10.3 Å². The van der Waals surface area contributed by atoms with Crippen molar-refractivity contribution < 1.29 is 14.4 Å². The third-order valence-corrected chi connectivity index (χ3v) is 4.90. The maximum absolute atomic E-state index is 13.2. The van der Waals surface area contributed by atoms with Crippen LogP contribution in [0.25, 0.3) is 0 Å². The van der Waals surface area contributed by atoms with Crippen LogP contribution in [0, 0.1) is 0 Å². The number of hydrogen-bond donors (Lipinski definition) is 1. The highest BCUT2D eigenvalue weighted by Crippen LogP contribution is 2.20. The second-order valence-corrected chi connectivity index (χ2v) is 6.73. The Balaban J connectivity index is 1.68. The van der Waals surface area contributed by atoms with Gasteiger partial charge in [0.2, 0.25) is 5.78 Å². The molecule has 0 bridgehead atoms. The summed E-state index contributed by atoms with van der Waals surface area (Å²) in [5.74, 6) is -1.13. The predicted molar refractivity (Wildman–Crippen MR) is 107 cm³/mol. The van der Waals surface area contributed by atoms with Crippen molar-refractivity contribution in [1.29, 1.82) is 0 Å². The number of fused-ring (bicyclic) bond motifs is 1. The Morgan fingerprint density at radius 2 is 1.55 bits per heavy atom. The van der Waals surface area contributed by atoms with E-state index in [-0.39, 0.29) is 11.7 Å². The first-order valence-corrected chi connectivity index (χ1v) is 9.35. The molecule has 1 aromatic heterocycles. The normalized spacial score (nSPS) is 14.1. The minimum Gasteiger partial charge on any atom is -0.325 e. The van der Waals surface area contributed by atoms with Crippen LogP contribution < -0.4 is 5.32 Å². The molecule has 144 valence electrons. The molecule has 0 radical (unpaired) electrons. The summed E-state index contributed by atoms with van der Waals surface area (Å²) in [5, 5.41) is 2.75. The van der Waals surface area contributed by atoms with Gasteiger partial charge < -0.3 is 10.2 Å². The second kappa shape index (κ2) is 8.06. The topological polar surface area (TPSA) is 79.4 Å². The van der Waals surface area contributed by atoms with E-state index in [9.17, 15) is 14.4 Å². The number of benzene rings is 2. The number of hydrogen-bond acceptors (Lipinski definition) is 4. The summed E-state index contributed by atoms with van der Waals surface area (Å²) in [4.78, 5) is 44.7. The summed E-state index contributed by atoms with van der Waals surface area (Å²) in [7, 11) is 0. The van der Waals surface area contributed by atoms with Gasteiger partial charge >= 0.3 is 0 Å². The van der Waals surface area contributed by atoms with Gasteiger partial charge in [-0.15, -0.1) is 0 Å². The van der Waals surface area contributed by atoms with Gasteiger partial charge in [-0.3, -0.25) is 19.4 Å². The summed E-state index contributed by atoms with van der Waals surface area (Å²) >= 11 is 0. The van der Waals surface area contributed by atoms with Crippen molar-refractivity contribution in [2.24, 2.45) is 0 Å². The number of carbonyl (C=O) groups is 3. The molecule has 3 aromatic rings. The number of carbonyl (C=O) groups excluding carboxylic acids is 3. The molecule has 1 unspecified atom stereocenters. The summed E-state index contributed by atoms with van der Waals surface area (Å²) in [6.07, 6.45) is 0.999. The lowest BCUT2D eigenvalue weighted by molar-refractivity contribution is 0.0528. The van der Waals surface area contributed by atoms with E-state index < -0.39 is 12.1 Å². The zero-order valence-electron chi connectivity index (χ0n) is 15.6. The van der Waals surface area contributed by atoms with Crippen LogP contribution in [-0.2, 0) is 6.42 Å². The Labute approximate surface area is 168 Å². The number of nitrogens with one attached hydrogen (secondary N) is 1. The highest BCUT2D eigenvalue weighted by molar-refractivity contribution is 6.07. The van der Waals surface area contributed by atoms with E-state index in [0.717, 1.165) is 5.56 Å². The minimum absolute atomic E-state index is 0.315. The van der Waals surface area contributed by atoms with E-state index in [1.807, 2.05) is 6.07 Å². The smallest absolute Gasteiger partial charge is 0.274 e. The molecule has 6 heteroatoms. The summed E-state index contributed by atoms with van der Waals surface area (Å²) in [5.41, 5.74) is 2.00. The first-order valence-electron chi connectivity index (χ1n) is 9.35. The third kappa shape index (κ3) is 3.78. The van der Waals surface area contributed by atoms with Gasteiger partial charge in [-0.2, -0.15) is 0 Å². The molecule has 0 fully saturated rings. The first kappa shape index (κ1) is 18.6. The molecule has 0 saturated heterocycles. The van der Waals surface area contributed by atoms with E-state index >= 15 is 0 Å². The standard InChI is InChI=1S/C23H19N3O3/c27-20(17-8-3-1-4-9-17)21(25-22(28)18-10-5-2-6-11-18)26-15-13-16-12-7-14-24-19(16)23(26)29/h1-12,14,21H,13,15H2,(H,25,28). The van der Waals surface area contributed by atoms with Crippen molar-refractivity contribution in [1.82, 2.24) is 15.2 Å². The molecule has 0 saturated carbocycles. The Bertz CT molecular complexity index is 1050. The van der Waals surface area contributed by atoms with Gasteiger partial charge in [0.25, 0.3) is 11.8 Å². The van der Waals surface area contributed by atoms with E-state index in [4.69, 9.17) is 0 Å². The number of nitrogens with zero attached hydrogens (tertiary/aromatic N) is 2. The fourth-order valence-corrected chi connectivity index (χ4v) is 3.40. The molecule has 2 heterocycles. The Kier molecular flexibility index (Phi) is 5.16. The first-order chi connectivity index (χ1) is 14.1. The Hall–Kier alpha value is -3.80. The maximum Gasteiger partial charge on any atom is 0.274 e. The maximum atomic E-state index is 13.2. The molecular weight excluding hydrogens is 366 g/mol. The van der Waals surface area contributed by atoms with Gasteiger partial charge in [0.1, 0.15) is 5.69 Å². The number of amides is 2. The van der Waals surface area contributed by atoms with Gasteiger partial charge in [0.15, 0.2) is 6.17 Å². The number of Topliss-reactive ketones (excluding diaryl/α,β-unsaturated/α-hetero) is 1. The van der Waals surface area contributed by atoms with Gasteiger partial charge in [0.05, 0.1) is 0 Å². The number of aromatic nitrogens is 1. The van der Waals surface area contributed by atoms with Crippen LogP contribution in [0.15, 0.2) is 79.0 Å². The van der Waals surface area contributed by atoms with Crippen LogP contribution in [0.1, 0.15) is 36.8 Å². The molecule has 1 aliphatic rings. The molecule has 2 aromatic carbocycles. The van der Waals surface area contributed by atoms with Crippen LogP contribution in [0.5, 0.6) is 0 Å². The third-order valence-electron chi connectivity index (χ3n) is 4.90. The lowest BCUT2D eigenvalue weighted by Gasteiger charge is -2.34. The molecule has 1 N–H and O–H groups in total. The van der Waals surface area contributed by atoms with Crippen LogP contribution in [0.3, 0.4) is 0 Å². The lowest BCUT2D eigenvalue weighted by atomic mass is 10.0. The van der Waals surface area contributed by atoms with Crippen LogP contribution in [0.4, 0.5) is 0 Å². The summed E-state index contributed by atoms with van der Waals surface area (Å²) in [6, 6.07) is 20.9. The molecule has 29 heavy (non-hydrogen) atoms. The van der Waals surface area contributed by atoms with Crippen molar-refractivity contribution >= 4 is 17.6 Å². The quantitative estimate of drug-likeness (QED) is 0.685. The number of pyridine rings is 1. The molecule has 1 atom stereocenters. The molecule has 6 nitrogen and oxygen atoms in total. The van der Waals surface area contributed by atoms with Gasteiger partial charge in [-0.25, -0.2) is 0 Å². The van der Waals surface area contributed by atoms with E-state index in [0.29, 0.717) is 29.8 Å². The number of ketones is 1. The average molecular weight is 385 g/mol. The van der Waals surface area contributed by atoms with Gasteiger partial charge in [-0.05, 0) is 30.2 Å². The lowest BCUT2D eigenvalue weighted by Crippen LogP contribution is -2.57. The molecule has 0 spiro atoms. The molecule has 4 rings (SSSR count). The summed E-state index contributed by atoms with van der Waals surface area (Å²) < 4.78 is 0. The van der Waals surface area contributed by atoms with Gasteiger partial charge in [0, 0.05) is 23.9 Å². The predicted octanol–water partition coefficient (Wildman–Crippen LogP) is 2.72. The molecule has 2 amide bonds. The molecular formula is C23H19N3O3. The zero-order valence-corrected chi connectivity index (χ0v) is 15.6. The number of rotatable bonds is 5. The second-order valence-electron chi connectivity index (χ2n) is 6.73. The summed E-state index contributed by atoms with van der Waals surface area (Å²) in [6.45, 7) is 0.315. The minimum atomic E-state index is -1.12. The van der Waals surface area contributed by atoms with Crippen molar-refractivity contribution in [3.05, 3.63) is 101 Å². The van der Waals surface area contributed by atoms with Crippen LogP contribution in [-0.4, -0.2) is 40.2 Å². The van der Waals surface area contributed by atoms with E-state index in [1.54, 1.807) is 72.9 Å². The van der Waals surface area contributed by atoms with Gasteiger partial charge in [-0.1, -0.05) is 54.6 Å². The monoisotopic (exact) mass is 385 g/mol. The fourth-order valence-electron chi connectivity index (χ4n) is 3.40. The molecule has 0 aliphatic carbocycles. The van der Waals surface area contributed by atoms with Crippen molar-refractivity contribution in [3.8, 4) is 0 Å². The van der Waals surface area contributed by atoms with Crippen molar-refractivity contribution in [3.63, 3.8) is 0 Å². The highest BCUT2D eigenvalue weighted by Gasteiger charge is 2.36. The van der Waals surface area contributed by atoms with E-state index in [1.165, 1.54) is 4.90 Å². The Morgan fingerprint density at radius 1 is 0.897 bits per heavy atom. The highest BCUT2D eigenvalue weighted by atomic mass is 16.2. The Morgan fingerprint density at radius 3 is 2.24 bits per heavy atom. The van der Waals surface area contributed by atoms with Crippen molar-refractivity contribution in [2.75, 3.05) is 6.54 Å². The SMILES string of the molecule is O=C(NC(C(=O)c1ccccc1)N1CCc2cccnc2C1=O)c1ccccc1. The fraction of sp³-hybridized carbons (Fsp3) is 0.130.